The van der Waals surface area contributed by atoms with E-state index in [9.17, 15) is 15.3 Å². The molecule has 0 aromatic rings. The van der Waals surface area contributed by atoms with E-state index in [4.69, 9.17) is 4.74 Å². The maximum atomic E-state index is 10.4. The summed E-state index contributed by atoms with van der Waals surface area (Å²) in [7, 11) is 0. The standard InChI is InChI=1S/C27H42O4/c1-17(7-12-25(30)27(4)16-31-27)22-10-11-23-19(6-5-13-26(22,23)3)8-9-20-14-21(28)15-24(29)18(20)2/h8-9,17,21-25,28-30H,2,5-7,10-16H2,1,3-4H3/b19-8+,20-9+/t17-,21-,22-,23+,24+,25-,26-,27+/m1/s1. The first kappa shape index (κ1) is 23.2. The first-order chi connectivity index (χ1) is 14.6. The fraction of sp³-hybridized carbons (Fsp3) is 0.778. The van der Waals surface area contributed by atoms with Gasteiger partial charge < -0.3 is 20.1 Å². The van der Waals surface area contributed by atoms with Gasteiger partial charge in [-0.15, -0.1) is 0 Å². The van der Waals surface area contributed by atoms with Crippen molar-refractivity contribution in [2.45, 2.75) is 102 Å². The lowest BCUT2D eigenvalue weighted by Gasteiger charge is -2.44. The molecule has 0 aromatic heterocycles. The highest BCUT2D eigenvalue weighted by Crippen LogP contribution is 2.60. The van der Waals surface area contributed by atoms with Crippen molar-refractivity contribution in [1.82, 2.24) is 0 Å². The second-order valence-electron chi connectivity index (χ2n) is 11.3. The Balaban J connectivity index is 1.44. The molecule has 4 heteroatoms. The van der Waals surface area contributed by atoms with E-state index in [0.29, 0.717) is 42.6 Å². The van der Waals surface area contributed by atoms with Crippen LogP contribution in [0.4, 0.5) is 0 Å². The molecule has 0 aromatic carbocycles. The van der Waals surface area contributed by atoms with Crippen molar-refractivity contribution in [3.63, 3.8) is 0 Å². The van der Waals surface area contributed by atoms with Gasteiger partial charge in [0.2, 0.25) is 0 Å². The molecule has 0 radical (unpaired) electrons. The third-order valence-electron chi connectivity index (χ3n) is 9.19. The minimum absolute atomic E-state index is 0.291. The first-order valence-electron chi connectivity index (χ1n) is 12.4. The van der Waals surface area contributed by atoms with E-state index in [2.05, 4.69) is 32.6 Å². The molecule has 0 unspecified atom stereocenters. The van der Waals surface area contributed by atoms with Crippen LogP contribution in [0.3, 0.4) is 0 Å². The van der Waals surface area contributed by atoms with Crippen LogP contribution in [0, 0.1) is 23.2 Å². The zero-order valence-electron chi connectivity index (χ0n) is 19.6. The van der Waals surface area contributed by atoms with E-state index in [1.54, 1.807) is 0 Å². The Morgan fingerprint density at radius 1 is 1.19 bits per heavy atom. The SMILES string of the molecule is C=C1/C(=C/C=C2\CCC[C@]3(C)[C@@H]([C@H](C)CC[C@@H](O)[C@]4(C)CO4)CC[C@@H]23)C[C@@H](O)C[C@@H]1O. The van der Waals surface area contributed by atoms with E-state index in [-0.39, 0.29) is 11.7 Å². The van der Waals surface area contributed by atoms with Crippen molar-refractivity contribution in [3.8, 4) is 0 Å². The van der Waals surface area contributed by atoms with Crippen molar-refractivity contribution < 1.29 is 20.1 Å². The number of hydrogen-bond acceptors (Lipinski definition) is 4. The van der Waals surface area contributed by atoms with Crippen LogP contribution in [0.1, 0.15) is 78.6 Å². The minimum atomic E-state index is -0.625. The number of aliphatic hydroxyl groups is 3. The Hall–Kier alpha value is -0.940. The molecule has 4 aliphatic rings. The Morgan fingerprint density at radius 3 is 2.65 bits per heavy atom. The Kier molecular flexibility index (Phi) is 6.58. The third kappa shape index (κ3) is 4.59. The van der Waals surface area contributed by atoms with Crippen molar-refractivity contribution in [2.75, 3.05) is 6.61 Å². The van der Waals surface area contributed by atoms with Crippen LogP contribution in [0.2, 0.25) is 0 Å². The third-order valence-corrected chi connectivity index (χ3v) is 9.19. The molecule has 1 heterocycles. The number of epoxide rings is 1. The summed E-state index contributed by atoms with van der Waals surface area (Å²) in [6.07, 6.45) is 12.0. The van der Waals surface area contributed by atoms with Crippen molar-refractivity contribution >= 4 is 0 Å². The molecule has 3 N–H and O–H groups in total. The monoisotopic (exact) mass is 430 g/mol. The number of rotatable bonds is 6. The molecule has 8 atom stereocenters. The Bertz CT molecular complexity index is 748. The van der Waals surface area contributed by atoms with Gasteiger partial charge in [0, 0.05) is 6.42 Å². The van der Waals surface area contributed by atoms with Crippen molar-refractivity contribution in [3.05, 3.63) is 35.5 Å². The smallest absolute Gasteiger partial charge is 0.115 e. The molecular weight excluding hydrogens is 388 g/mol. The minimum Gasteiger partial charge on any atom is -0.393 e. The molecule has 31 heavy (non-hydrogen) atoms. The highest BCUT2D eigenvalue weighted by molar-refractivity contribution is 5.38. The summed E-state index contributed by atoms with van der Waals surface area (Å²) in [5, 5.41) is 30.6. The lowest BCUT2D eigenvalue weighted by molar-refractivity contribution is 0.0546. The predicted octanol–water partition coefficient (Wildman–Crippen LogP) is 4.69. The second kappa shape index (κ2) is 8.78. The second-order valence-corrected chi connectivity index (χ2v) is 11.3. The summed E-state index contributed by atoms with van der Waals surface area (Å²) >= 11 is 0. The molecule has 3 saturated carbocycles. The summed E-state index contributed by atoms with van der Waals surface area (Å²) in [6, 6.07) is 0. The van der Waals surface area contributed by atoms with Gasteiger partial charge in [0.1, 0.15) is 5.60 Å². The molecule has 3 aliphatic carbocycles. The molecular formula is C27H42O4. The quantitative estimate of drug-likeness (QED) is 0.534. The molecule has 4 rings (SSSR count). The van der Waals surface area contributed by atoms with Crippen LogP contribution < -0.4 is 0 Å². The Morgan fingerprint density at radius 2 is 1.94 bits per heavy atom. The summed E-state index contributed by atoms with van der Waals surface area (Å²) in [6.45, 7) is 11.6. The van der Waals surface area contributed by atoms with Crippen LogP contribution in [-0.2, 0) is 4.74 Å². The van der Waals surface area contributed by atoms with Crippen LogP contribution in [0.5, 0.6) is 0 Å². The molecule has 1 saturated heterocycles. The van der Waals surface area contributed by atoms with Gasteiger partial charge in [-0.05, 0) is 92.6 Å². The normalized spacial score (nSPS) is 45.0. The fourth-order valence-electron chi connectivity index (χ4n) is 6.91. The number of fused-ring (bicyclic) bond motifs is 1. The molecule has 174 valence electrons. The highest BCUT2D eigenvalue weighted by atomic mass is 16.6. The van der Waals surface area contributed by atoms with Gasteiger partial charge in [-0.1, -0.05) is 38.2 Å². The summed E-state index contributed by atoms with van der Waals surface area (Å²) in [4.78, 5) is 0. The van der Waals surface area contributed by atoms with Gasteiger partial charge in [-0.3, -0.25) is 0 Å². The van der Waals surface area contributed by atoms with Crippen LogP contribution >= 0.6 is 0 Å². The number of allylic oxidation sites excluding steroid dienone is 3. The molecule has 1 aliphatic heterocycles. The predicted molar refractivity (Wildman–Crippen MR) is 123 cm³/mol. The van der Waals surface area contributed by atoms with E-state index in [1.165, 1.54) is 31.3 Å². The van der Waals surface area contributed by atoms with Gasteiger partial charge >= 0.3 is 0 Å². The first-order valence-corrected chi connectivity index (χ1v) is 12.4. The van der Waals surface area contributed by atoms with Crippen LogP contribution in [0.15, 0.2) is 35.5 Å². The number of hydrogen-bond donors (Lipinski definition) is 3. The molecule has 0 amide bonds. The van der Waals surface area contributed by atoms with E-state index < -0.39 is 12.2 Å². The average molecular weight is 431 g/mol. The molecule has 0 spiro atoms. The summed E-state index contributed by atoms with van der Waals surface area (Å²) in [5.74, 6) is 1.92. The average Bonchev–Trinajstić information content (AvgIpc) is 3.37. The Labute approximate surface area is 188 Å². The van der Waals surface area contributed by atoms with Gasteiger partial charge in [-0.25, -0.2) is 0 Å². The zero-order chi connectivity index (χ0) is 22.4. The maximum Gasteiger partial charge on any atom is 0.115 e. The lowest BCUT2D eigenvalue weighted by atomic mass is 9.60. The molecule has 4 fully saturated rings. The number of ether oxygens (including phenoxy) is 1. The summed E-state index contributed by atoms with van der Waals surface area (Å²) < 4.78 is 5.43. The maximum absolute atomic E-state index is 10.4. The van der Waals surface area contributed by atoms with Gasteiger partial charge in [0.25, 0.3) is 0 Å². The molecule has 0 bridgehead atoms. The largest absolute Gasteiger partial charge is 0.393 e. The topological polar surface area (TPSA) is 73.2 Å². The fourth-order valence-corrected chi connectivity index (χ4v) is 6.91. The van der Waals surface area contributed by atoms with E-state index in [0.717, 1.165) is 30.4 Å². The van der Waals surface area contributed by atoms with Gasteiger partial charge in [0.05, 0.1) is 24.9 Å². The highest BCUT2D eigenvalue weighted by Gasteiger charge is 2.51. The van der Waals surface area contributed by atoms with Gasteiger partial charge in [0.15, 0.2) is 0 Å². The van der Waals surface area contributed by atoms with Crippen molar-refractivity contribution in [2.24, 2.45) is 23.2 Å². The van der Waals surface area contributed by atoms with E-state index >= 15 is 0 Å². The van der Waals surface area contributed by atoms with Gasteiger partial charge in [-0.2, -0.15) is 0 Å². The van der Waals surface area contributed by atoms with Crippen LogP contribution in [-0.4, -0.2) is 45.8 Å². The van der Waals surface area contributed by atoms with Crippen LogP contribution in [0.25, 0.3) is 0 Å². The zero-order valence-corrected chi connectivity index (χ0v) is 19.6. The van der Waals surface area contributed by atoms with Crippen molar-refractivity contribution in [1.29, 1.82) is 0 Å². The summed E-state index contributed by atoms with van der Waals surface area (Å²) in [5.41, 5.74) is 3.34. The number of aliphatic hydroxyl groups excluding tert-OH is 3. The molecule has 4 nitrogen and oxygen atoms in total. The van der Waals surface area contributed by atoms with E-state index in [1.807, 2.05) is 6.92 Å². The lowest BCUT2D eigenvalue weighted by Crippen LogP contribution is -2.36.